The number of hydrogen-bond acceptors (Lipinski definition) is 4. The molecule has 0 aromatic carbocycles. The highest BCUT2D eigenvalue weighted by atomic mass is 35.5. The first-order valence-electron chi connectivity index (χ1n) is 3.80. The zero-order valence-corrected chi connectivity index (χ0v) is 8.13. The SMILES string of the molecule is Cc1nnc(NC(=O)C(C)CCl)o1. The lowest BCUT2D eigenvalue weighted by Crippen LogP contribution is -2.21. The Hall–Kier alpha value is -1.10. The second-order valence-corrected chi connectivity index (χ2v) is 2.98. The molecular weight excluding hydrogens is 194 g/mol. The van der Waals surface area contributed by atoms with Crippen molar-refractivity contribution in [3.63, 3.8) is 0 Å². The van der Waals surface area contributed by atoms with Gasteiger partial charge in [-0.05, 0) is 0 Å². The van der Waals surface area contributed by atoms with E-state index in [1.54, 1.807) is 13.8 Å². The van der Waals surface area contributed by atoms with Crippen LogP contribution in [0.25, 0.3) is 0 Å². The van der Waals surface area contributed by atoms with Gasteiger partial charge in [-0.15, -0.1) is 16.7 Å². The zero-order chi connectivity index (χ0) is 9.84. The van der Waals surface area contributed by atoms with Gasteiger partial charge in [0.05, 0.1) is 0 Å². The Morgan fingerprint density at radius 2 is 2.38 bits per heavy atom. The summed E-state index contributed by atoms with van der Waals surface area (Å²) in [4.78, 5) is 11.2. The van der Waals surface area contributed by atoms with E-state index in [0.717, 1.165) is 0 Å². The predicted molar refractivity (Wildman–Crippen MR) is 47.5 cm³/mol. The Labute approximate surface area is 80.5 Å². The highest BCUT2D eigenvalue weighted by molar-refractivity contribution is 6.19. The molecule has 0 saturated heterocycles. The summed E-state index contributed by atoms with van der Waals surface area (Å²) in [6.45, 7) is 3.36. The Kier molecular flexibility index (Phi) is 3.25. The predicted octanol–water partition coefficient (Wildman–Crippen LogP) is 1.19. The van der Waals surface area contributed by atoms with E-state index in [0.29, 0.717) is 5.89 Å². The second kappa shape index (κ2) is 4.23. The molecule has 1 aromatic rings. The number of anilines is 1. The number of aryl methyl sites for hydroxylation is 1. The number of aromatic nitrogens is 2. The fourth-order valence-corrected chi connectivity index (χ4v) is 0.786. The number of hydrogen-bond donors (Lipinski definition) is 1. The number of halogens is 1. The van der Waals surface area contributed by atoms with Gasteiger partial charge >= 0.3 is 6.01 Å². The van der Waals surface area contributed by atoms with Crippen LogP contribution in [-0.2, 0) is 4.79 Å². The zero-order valence-electron chi connectivity index (χ0n) is 7.37. The average molecular weight is 204 g/mol. The first-order valence-corrected chi connectivity index (χ1v) is 4.34. The van der Waals surface area contributed by atoms with E-state index in [9.17, 15) is 4.79 Å². The minimum absolute atomic E-state index is 0.111. The minimum Gasteiger partial charge on any atom is -0.408 e. The van der Waals surface area contributed by atoms with Crippen LogP contribution in [0.2, 0.25) is 0 Å². The van der Waals surface area contributed by atoms with Gasteiger partial charge in [-0.1, -0.05) is 12.0 Å². The lowest BCUT2D eigenvalue weighted by Gasteiger charge is -2.04. The lowest BCUT2D eigenvalue weighted by atomic mass is 10.2. The highest BCUT2D eigenvalue weighted by Crippen LogP contribution is 2.07. The summed E-state index contributed by atoms with van der Waals surface area (Å²) >= 11 is 5.49. The quantitative estimate of drug-likeness (QED) is 0.750. The van der Waals surface area contributed by atoms with Crippen LogP contribution in [0.5, 0.6) is 0 Å². The van der Waals surface area contributed by atoms with Crippen LogP contribution in [0.3, 0.4) is 0 Å². The molecule has 1 amide bonds. The lowest BCUT2D eigenvalue weighted by molar-refractivity contribution is -0.118. The van der Waals surface area contributed by atoms with Crippen molar-refractivity contribution < 1.29 is 9.21 Å². The van der Waals surface area contributed by atoms with Gasteiger partial charge in [0.15, 0.2) is 0 Å². The van der Waals surface area contributed by atoms with E-state index >= 15 is 0 Å². The average Bonchev–Trinajstić information content (AvgIpc) is 2.49. The molecule has 0 aliphatic carbocycles. The number of nitrogens with one attached hydrogen (secondary N) is 1. The van der Waals surface area contributed by atoms with Gasteiger partial charge in [0.2, 0.25) is 11.8 Å². The van der Waals surface area contributed by atoms with Crippen molar-refractivity contribution in [2.75, 3.05) is 11.2 Å². The molecule has 1 heterocycles. The van der Waals surface area contributed by atoms with Crippen molar-refractivity contribution in [2.45, 2.75) is 13.8 Å². The van der Waals surface area contributed by atoms with E-state index < -0.39 is 0 Å². The van der Waals surface area contributed by atoms with E-state index in [4.69, 9.17) is 16.0 Å². The molecule has 1 aromatic heterocycles. The van der Waals surface area contributed by atoms with Crippen LogP contribution in [0.15, 0.2) is 4.42 Å². The van der Waals surface area contributed by atoms with Crippen molar-refractivity contribution in [1.29, 1.82) is 0 Å². The minimum atomic E-state index is -0.270. The summed E-state index contributed by atoms with van der Waals surface area (Å²) in [5.41, 5.74) is 0. The number of nitrogens with zero attached hydrogens (tertiary/aromatic N) is 2. The molecule has 72 valence electrons. The summed E-state index contributed by atoms with van der Waals surface area (Å²) < 4.78 is 4.95. The Bertz CT molecular complexity index is 300. The molecule has 0 saturated carbocycles. The van der Waals surface area contributed by atoms with Gasteiger partial charge in [0.25, 0.3) is 0 Å². The maximum Gasteiger partial charge on any atom is 0.322 e. The van der Waals surface area contributed by atoms with E-state index in [2.05, 4.69) is 15.5 Å². The van der Waals surface area contributed by atoms with Crippen LogP contribution < -0.4 is 5.32 Å². The summed E-state index contributed by atoms with van der Waals surface area (Å²) in [7, 11) is 0. The summed E-state index contributed by atoms with van der Waals surface area (Å²) in [6.07, 6.45) is 0. The van der Waals surface area contributed by atoms with E-state index in [-0.39, 0.29) is 23.7 Å². The maximum absolute atomic E-state index is 11.2. The van der Waals surface area contributed by atoms with Gasteiger partial charge in [-0.25, -0.2) is 0 Å². The molecule has 0 aliphatic rings. The first kappa shape index (κ1) is 9.98. The molecule has 1 atom stereocenters. The van der Waals surface area contributed by atoms with Gasteiger partial charge in [-0.2, -0.15) is 0 Å². The monoisotopic (exact) mass is 203 g/mol. The van der Waals surface area contributed by atoms with Crippen LogP contribution in [0, 0.1) is 12.8 Å². The van der Waals surface area contributed by atoms with Gasteiger partial charge in [0.1, 0.15) is 0 Å². The van der Waals surface area contributed by atoms with Crippen molar-refractivity contribution in [3.8, 4) is 0 Å². The molecule has 13 heavy (non-hydrogen) atoms. The molecule has 0 radical (unpaired) electrons. The van der Waals surface area contributed by atoms with Gasteiger partial charge in [-0.3, -0.25) is 10.1 Å². The standard InChI is InChI=1S/C7H10ClN3O2/c1-4(3-8)6(12)9-7-11-10-5(2)13-7/h4H,3H2,1-2H3,(H,9,11,12). The molecule has 0 spiro atoms. The molecule has 0 aliphatic heterocycles. The molecule has 1 rings (SSSR count). The van der Waals surface area contributed by atoms with Crippen molar-refractivity contribution in [1.82, 2.24) is 10.2 Å². The number of rotatable bonds is 3. The Balaban J connectivity index is 2.54. The third-order valence-corrected chi connectivity index (χ3v) is 1.90. The van der Waals surface area contributed by atoms with Crippen LogP contribution in [-0.4, -0.2) is 22.0 Å². The van der Waals surface area contributed by atoms with Gasteiger partial charge in [0, 0.05) is 18.7 Å². The highest BCUT2D eigenvalue weighted by Gasteiger charge is 2.14. The molecule has 0 bridgehead atoms. The Morgan fingerprint density at radius 3 is 2.85 bits per heavy atom. The Morgan fingerprint density at radius 1 is 1.69 bits per heavy atom. The second-order valence-electron chi connectivity index (χ2n) is 2.67. The van der Waals surface area contributed by atoms with Crippen molar-refractivity contribution in [2.24, 2.45) is 5.92 Å². The van der Waals surface area contributed by atoms with Crippen molar-refractivity contribution in [3.05, 3.63) is 5.89 Å². The third-order valence-electron chi connectivity index (χ3n) is 1.44. The molecular formula is C7H10ClN3O2. The maximum atomic E-state index is 11.2. The molecule has 6 heteroatoms. The number of amides is 1. The number of carbonyl (C=O) groups excluding carboxylic acids is 1. The first-order chi connectivity index (χ1) is 6.13. The van der Waals surface area contributed by atoms with E-state index in [1.165, 1.54) is 0 Å². The number of carbonyl (C=O) groups is 1. The van der Waals surface area contributed by atoms with Crippen LogP contribution in [0.4, 0.5) is 6.01 Å². The molecule has 1 unspecified atom stereocenters. The molecule has 1 N–H and O–H groups in total. The number of alkyl halides is 1. The molecule has 5 nitrogen and oxygen atoms in total. The normalized spacial score (nSPS) is 12.5. The van der Waals surface area contributed by atoms with Crippen LogP contribution in [0.1, 0.15) is 12.8 Å². The fraction of sp³-hybridized carbons (Fsp3) is 0.571. The fourth-order valence-electron chi connectivity index (χ4n) is 0.646. The van der Waals surface area contributed by atoms with Gasteiger partial charge < -0.3 is 4.42 Å². The summed E-state index contributed by atoms with van der Waals surface area (Å²) in [5.74, 6) is 0.181. The smallest absolute Gasteiger partial charge is 0.322 e. The van der Waals surface area contributed by atoms with E-state index in [1.807, 2.05) is 0 Å². The summed E-state index contributed by atoms with van der Waals surface area (Å²) in [5, 5.41) is 9.62. The largest absolute Gasteiger partial charge is 0.408 e. The molecule has 0 fully saturated rings. The summed E-state index contributed by atoms with van der Waals surface area (Å²) in [6, 6.07) is 0.111. The van der Waals surface area contributed by atoms with Crippen molar-refractivity contribution >= 4 is 23.5 Å². The van der Waals surface area contributed by atoms with Crippen LogP contribution >= 0.6 is 11.6 Å². The topological polar surface area (TPSA) is 68.0 Å². The third kappa shape index (κ3) is 2.69.